The molecule has 23 heavy (non-hydrogen) atoms. The van der Waals surface area contributed by atoms with Gasteiger partial charge in [0, 0.05) is 18.0 Å². The molecule has 3 rings (SSSR count). The average Bonchev–Trinajstić information content (AvgIpc) is 2.91. The second-order valence-corrected chi connectivity index (χ2v) is 6.46. The molecule has 5 nitrogen and oxygen atoms in total. The van der Waals surface area contributed by atoms with Crippen molar-refractivity contribution in [2.75, 3.05) is 0 Å². The third-order valence-corrected chi connectivity index (χ3v) is 4.57. The number of carboxylic acids is 1. The Morgan fingerprint density at radius 2 is 2.00 bits per heavy atom. The van der Waals surface area contributed by atoms with Crippen LogP contribution in [0.1, 0.15) is 35.8 Å². The molecule has 0 aliphatic carbocycles. The van der Waals surface area contributed by atoms with Crippen molar-refractivity contribution < 1.29 is 9.90 Å². The maximum Gasteiger partial charge on any atom is 0.335 e. The predicted octanol–water partition coefficient (Wildman–Crippen LogP) is 4.00. The van der Waals surface area contributed by atoms with E-state index in [-0.39, 0.29) is 0 Å². The van der Waals surface area contributed by atoms with E-state index in [4.69, 9.17) is 5.11 Å². The largest absolute Gasteiger partial charge is 0.478 e. The lowest BCUT2D eigenvalue weighted by Crippen LogP contribution is -2.02. The monoisotopic (exact) mass is 327 g/mol. The SMILES string of the molecule is CC(C)n1c(SCc2ccc(C(=O)O)cc2)nc2ccncc21. The zero-order chi connectivity index (χ0) is 16.4. The summed E-state index contributed by atoms with van der Waals surface area (Å²) in [7, 11) is 0. The Balaban J connectivity index is 1.84. The number of nitrogens with zero attached hydrogens (tertiary/aromatic N) is 3. The molecule has 0 spiro atoms. The number of hydrogen-bond donors (Lipinski definition) is 1. The van der Waals surface area contributed by atoms with Crippen LogP contribution in [0.2, 0.25) is 0 Å². The molecule has 0 unspecified atom stereocenters. The molecular formula is C17H17N3O2S. The van der Waals surface area contributed by atoms with E-state index in [2.05, 4.69) is 28.4 Å². The number of hydrogen-bond acceptors (Lipinski definition) is 4. The normalized spacial score (nSPS) is 11.3. The van der Waals surface area contributed by atoms with Crippen LogP contribution in [0.15, 0.2) is 47.9 Å². The third kappa shape index (κ3) is 3.22. The van der Waals surface area contributed by atoms with Gasteiger partial charge in [0.05, 0.1) is 22.8 Å². The lowest BCUT2D eigenvalue weighted by molar-refractivity contribution is 0.0697. The Morgan fingerprint density at radius 3 is 2.65 bits per heavy atom. The van der Waals surface area contributed by atoms with Gasteiger partial charge in [-0.25, -0.2) is 9.78 Å². The first-order chi connectivity index (χ1) is 11.1. The number of benzene rings is 1. The van der Waals surface area contributed by atoms with Gasteiger partial charge < -0.3 is 9.67 Å². The fourth-order valence-corrected chi connectivity index (χ4v) is 3.51. The van der Waals surface area contributed by atoms with E-state index in [0.29, 0.717) is 11.6 Å². The van der Waals surface area contributed by atoms with E-state index in [9.17, 15) is 4.79 Å². The summed E-state index contributed by atoms with van der Waals surface area (Å²) in [6.45, 7) is 4.25. The standard InChI is InChI=1S/C17H17N3O2S/c1-11(2)20-15-9-18-8-7-14(15)19-17(20)23-10-12-3-5-13(6-4-12)16(21)22/h3-9,11H,10H2,1-2H3,(H,21,22). The highest BCUT2D eigenvalue weighted by Crippen LogP contribution is 2.29. The first-order valence-electron chi connectivity index (χ1n) is 7.33. The molecule has 3 aromatic rings. The van der Waals surface area contributed by atoms with Crippen LogP contribution in [0.25, 0.3) is 11.0 Å². The van der Waals surface area contributed by atoms with Crippen molar-refractivity contribution in [1.82, 2.24) is 14.5 Å². The first kappa shape index (κ1) is 15.6. The van der Waals surface area contributed by atoms with Gasteiger partial charge in [0.2, 0.25) is 0 Å². The molecule has 0 radical (unpaired) electrons. The van der Waals surface area contributed by atoms with Gasteiger partial charge >= 0.3 is 5.97 Å². The molecule has 0 aliphatic rings. The highest BCUT2D eigenvalue weighted by molar-refractivity contribution is 7.98. The number of fused-ring (bicyclic) bond motifs is 1. The maximum atomic E-state index is 10.9. The van der Waals surface area contributed by atoms with E-state index in [1.54, 1.807) is 30.1 Å². The summed E-state index contributed by atoms with van der Waals surface area (Å²) in [6, 6.07) is 9.17. The van der Waals surface area contributed by atoms with E-state index >= 15 is 0 Å². The first-order valence-corrected chi connectivity index (χ1v) is 8.32. The maximum absolute atomic E-state index is 10.9. The Labute approximate surface area is 138 Å². The van der Waals surface area contributed by atoms with Gasteiger partial charge in [-0.15, -0.1) is 0 Å². The number of aromatic nitrogens is 3. The number of thioether (sulfide) groups is 1. The Kier molecular flexibility index (Phi) is 4.34. The van der Waals surface area contributed by atoms with Crippen LogP contribution in [0.5, 0.6) is 0 Å². The van der Waals surface area contributed by atoms with Crippen LogP contribution < -0.4 is 0 Å². The minimum atomic E-state index is -0.904. The molecule has 2 aromatic heterocycles. The van der Waals surface area contributed by atoms with Gasteiger partial charge in [0.15, 0.2) is 5.16 Å². The molecule has 118 valence electrons. The topological polar surface area (TPSA) is 68.0 Å². The van der Waals surface area contributed by atoms with E-state index < -0.39 is 5.97 Å². The molecule has 1 aromatic carbocycles. The van der Waals surface area contributed by atoms with E-state index in [1.807, 2.05) is 24.4 Å². The van der Waals surface area contributed by atoms with Crippen molar-refractivity contribution >= 4 is 28.8 Å². The molecule has 1 N–H and O–H groups in total. The molecular weight excluding hydrogens is 310 g/mol. The summed E-state index contributed by atoms with van der Waals surface area (Å²) in [5.41, 5.74) is 3.35. The Morgan fingerprint density at radius 1 is 1.26 bits per heavy atom. The minimum Gasteiger partial charge on any atom is -0.478 e. The van der Waals surface area contributed by atoms with Gasteiger partial charge in [-0.05, 0) is 37.6 Å². The molecule has 0 aliphatic heterocycles. The average molecular weight is 327 g/mol. The van der Waals surface area contributed by atoms with Crippen molar-refractivity contribution in [3.63, 3.8) is 0 Å². The van der Waals surface area contributed by atoms with Crippen LogP contribution >= 0.6 is 11.8 Å². The molecule has 2 heterocycles. The van der Waals surface area contributed by atoms with Crippen LogP contribution in [-0.2, 0) is 5.75 Å². The summed E-state index contributed by atoms with van der Waals surface area (Å²) in [5, 5.41) is 9.89. The molecule has 0 amide bonds. The summed E-state index contributed by atoms with van der Waals surface area (Å²) >= 11 is 1.65. The minimum absolute atomic E-state index is 0.293. The zero-order valence-corrected chi connectivity index (χ0v) is 13.7. The zero-order valence-electron chi connectivity index (χ0n) is 12.9. The fraction of sp³-hybridized carbons (Fsp3) is 0.235. The fourth-order valence-electron chi connectivity index (χ4n) is 2.41. The van der Waals surface area contributed by atoms with Gasteiger partial charge in [-0.1, -0.05) is 23.9 Å². The van der Waals surface area contributed by atoms with Crippen molar-refractivity contribution in [2.24, 2.45) is 0 Å². The highest BCUT2D eigenvalue weighted by Gasteiger charge is 2.14. The second-order valence-electron chi connectivity index (χ2n) is 5.51. The lowest BCUT2D eigenvalue weighted by Gasteiger charge is -2.12. The van der Waals surface area contributed by atoms with Crippen LogP contribution in [0.4, 0.5) is 0 Å². The number of carboxylic acid groups (broad SMARTS) is 1. The summed E-state index contributed by atoms with van der Waals surface area (Å²) < 4.78 is 2.18. The Hall–Kier alpha value is -2.34. The molecule has 0 atom stereocenters. The quantitative estimate of drug-likeness (QED) is 0.717. The van der Waals surface area contributed by atoms with Gasteiger partial charge in [-0.3, -0.25) is 4.98 Å². The Bertz CT molecular complexity index is 841. The number of carbonyl (C=O) groups is 1. The smallest absolute Gasteiger partial charge is 0.335 e. The van der Waals surface area contributed by atoms with Crippen molar-refractivity contribution in [3.05, 3.63) is 53.9 Å². The summed E-state index contributed by atoms with van der Waals surface area (Å²) in [5.74, 6) is -0.165. The number of aromatic carboxylic acids is 1. The highest BCUT2D eigenvalue weighted by atomic mass is 32.2. The lowest BCUT2D eigenvalue weighted by atomic mass is 10.1. The van der Waals surface area contributed by atoms with Crippen molar-refractivity contribution in [2.45, 2.75) is 30.8 Å². The van der Waals surface area contributed by atoms with Gasteiger partial charge in [0.25, 0.3) is 0 Å². The third-order valence-electron chi connectivity index (χ3n) is 3.54. The van der Waals surface area contributed by atoms with E-state index in [1.165, 1.54) is 0 Å². The number of pyridine rings is 1. The molecule has 6 heteroatoms. The summed E-state index contributed by atoms with van der Waals surface area (Å²) in [4.78, 5) is 19.8. The summed E-state index contributed by atoms with van der Waals surface area (Å²) in [6.07, 6.45) is 3.59. The predicted molar refractivity (Wildman–Crippen MR) is 90.9 cm³/mol. The van der Waals surface area contributed by atoms with Gasteiger partial charge in [-0.2, -0.15) is 0 Å². The van der Waals surface area contributed by atoms with E-state index in [0.717, 1.165) is 27.5 Å². The van der Waals surface area contributed by atoms with Crippen LogP contribution in [-0.4, -0.2) is 25.6 Å². The molecule has 0 fully saturated rings. The number of rotatable bonds is 5. The molecule has 0 saturated heterocycles. The number of imidazole rings is 1. The van der Waals surface area contributed by atoms with Gasteiger partial charge in [0.1, 0.15) is 0 Å². The van der Waals surface area contributed by atoms with Crippen molar-refractivity contribution in [3.8, 4) is 0 Å². The van der Waals surface area contributed by atoms with Crippen molar-refractivity contribution in [1.29, 1.82) is 0 Å². The molecule has 0 saturated carbocycles. The second kappa shape index (κ2) is 6.42. The van der Waals surface area contributed by atoms with Crippen LogP contribution in [0.3, 0.4) is 0 Å². The molecule has 0 bridgehead atoms. The van der Waals surface area contributed by atoms with Crippen LogP contribution in [0, 0.1) is 0 Å².